The number of amides is 2. The number of hydrogen-bond acceptors (Lipinski definition) is 6. The number of nitrogens with zero attached hydrogens (tertiary/aromatic N) is 2. The minimum absolute atomic E-state index is 0.177. The van der Waals surface area contributed by atoms with Crippen LogP contribution in [0, 0.1) is 24.0 Å². The summed E-state index contributed by atoms with van der Waals surface area (Å²) in [7, 11) is 0. The van der Waals surface area contributed by atoms with E-state index >= 15 is 0 Å². The monoisotopic (exact) mass is 462 g/mol. The van der Waals surface area contributed by atoms with Crippen molar-refractivity contribution in [3.8, 4) is 0 Å². The van der Waals surface area contributed by atoms with Gasteiger partial charge in [-0.2, -0.15) is 0 Å². The molecule has 1 heterocycles. The van der Waals surface area contributed by atoms with Crippen molar-refractivity contribution < 1.29 is 14.5 Å². The first kappa shape index (κ1) is 21.9. The Balaban J connectivity index is 1.75. The Bertz CT molecular complexity index is 1180. The molecule has 0 saturated heterocycles. The average molecular weight is 463 g/mol. The molecule has 6 nitrogen and oxygen atoms in total. The summed E-state index contributed by atoms with van der Waals surface area (Å²) in [6.45, 7) is 3.95. The second kappa shape index (κ2) is 9.02. The zero-order chi connectivity index (χ0) is 22.8. The molecule has 0 bridgehead atoms. The van der Waals surface area contributed by atoms with E-state index in [1.54, 1.807) is 0 Å². The van der Waals surface area contributed by atoms with Gasteiger partial charge in [0.15, 0.2) is 0 Å². The van der Waals surface area contributed by atoms with Crippen LogP contribution in [-0.2, 0) is 9.59 Å². The van der Waals surface area contributed by atoms with E-state index in [0.717, 1.165) is 25.8 Å². The van der Waals surface area contributed by atoms with E-state index in [1.807, 2.05) is 62.4 Å². The molecule has 0 saturated carbocycles. The Kier molecular flexibility index (Phi) is 6.16. The minimum atomic E-state index is -0.550. The van der Waals surface area contributed by atoms with Gasteiger partial charge in [-0.25, -0.2) is 4.90 Å². The van der Waals surface area contributed by atoms with E-state index in [1.165, 1.54) is 47.8 Å². The number of carbonyl (C=O) groups excluding carboxylic acids is 2. The van der Waals surface area contributed by atoms with Gasteiger partial charge in [0.2, 0.25) is 0 Å². The number of hydrogen-bond donors (Lipinski definition) is 0. The highest BCUT2D eigenvalue weighted by Crippen LogP contribution is 2.44. The fraction of sp³-hybridized carbons (Fsp3) is 0.0833. The third-order valence-corrected chi connectivity index (χ3v) is 7.09. The van der Waals surface area contributed by atoms with E-state index in [2.05, 4.69) is 0 Å². The van der Waals surface area contributed by atoms with Crippen molar-refractivity contribution in [1.82, 2.24) is 0 Å². The Morgan fingerprint density at radius 3 is 1.66 bits per heavy atom. The lowest BCUT2D eigenvalue weighted by Gasteiger charge is -2.14. The molecule has 1 aliphatic rings. The summed E-state index contributed by atoms with van der Waals surface area (Å²) >= 11 is 2.45. The molecular weight excluding hydrogens is 444 g/mol. The average Bonchev–Trinajstić information content (AvgIpc) is 3.00. The summed E-state index contributed by atoms with van der Waals surface area (Å²) in [5, 5.41) is 11.2. The highest BCUT2D eigenvalue weighted by atomic mass is 32.2. The lowest BCUT2D eigenvalue weighted by Crippen LogP contribution is -2.31. The van der Waals surface area contributed by atoms with E-state index < -0.39 is 16.7 Å². The molecule has 0 N–H and O–H groups in total. The zero-order valence-electron chi connectivity index (χ0n) is 17.3. The number of carbonyl (C=O) groups is 2. The normalized spacial score (nSPS) is 13.8. The van der Waals surface area contributed by atoms with E-state index in [0.29, 0.717) is 9.81 Å². The van der Waals surface area contributed by atoms with Gasteiger partial charge in [-0.1, -0.05) is 65.0 Å². The van der Waals surface area contributed by atoms with Gasteiger partial charge in [-0.15, -0.1) is 0 Å². The van der Waals surface area contributed by atoms with Gasteiger partial charge in [0.25, 0.3) is 17.5 Å². The summed E-state index contributed by atoms with van der Waals surface area (Å²) in [6.07, 6.45) is 0. The second-order valence-corrected chi connectivity index (χ2v) is 9.38. The Labute approximate surface area is 193 Å². The summed E-state index contributed by atoms with van der Waals surface area (Å²) < 4.78 is 0. The third-order valence-electron chi connectivity index (χ3n) is 4.78. The van der Waals surface area contributed by atoms with Gasteiger partial charge < -0.3 is 0 Å². The lowest BCUT2D eigenvalue weighted by molar-refractivity contribution is -0.384. The molecule has 0 spiro atoms. The smallest absolute Gasteiger partial charge is 0.268 e. The molecule has 0 unspecified atom stereocenters. The minimum Gasteiger partial charge on any atom is -0.268 e. The summed E-state index contributed by atoms with van der Waals surface area (Å²) in [5.41, 5.74) is 2.17. The molecule has 4 rings (SSSR count). The molecule has 3 aromatic rings. The van der Waals surface area contributed by atoms with E-state index in [-0.39, 0.29) is 11.4 Å². The molecule has 2 amide bonds. The second-order valence-electron chi connectivity index (χ2n) is 7.21. The first-order valence-corrected chi connectivity index (χ1v) is 11.3. The van der Waals surface area contributed by atoms with Gasteiger partial charge in [-0.3, -0.25) is 19.7 Å². The van der Waals surface area contributed by atoms with Gasteiger partial charge in [0, 0.05) is 21.9 Å². The first-order valence-electron chi connectivity index (χ1n) is 9.70. The molecular formula is C24H18N2O4S2. The molecule has 160 valence electrons. The Morgan fingerprint density at radius 1 is 0.750 bits per heavy atom. The zero-order valence-corrected chi connectivity index (χ0v) is 18.9. The fourth-order valence-corrected chi connectivity index (χ4v) is 5.08. The maximum Gasteiger partial charge on any atom is 0.273 e. The van der Waals surface area contributed by atoms with Gasteiger partial charge >= 0.3 is 0 Å². The van der Waals surface area contributed by atoms with E-state index in [9.17, 15) is 19.7 Å². The van der Waals surface area contributed by atoms with Gasteiger partial charge in [0.1, 0.15) is 0 Å². The van der Waals surface area contributed by atoms with Crippen LogP contribution in [-0.4, -0.2) is 16.7 Å². The van der Waals surface area contributed by atoms with Crippen molar-refractivity contribution in [2.24, 2.45) is 0 Å². The Hall–Kier alpha value is -3.36. The number of rotatable bonds is 6. The molecule has 8 heteroatoms. The number of benzene rings is 3. The van der Waals surface area contributed by atoms with Crippen molar-refractivity contribution in [3.63, 3.8) is 0 Å². The van der Waals surface area contributed by atoms with Crippen LogP contribution in [0.1, 0.15) is 11.1 Å². The molecule has 1 aliphatic heterocycles. The highest BCUT2D eigenvalue weighted by Gasteiger charge is 2.40. The largest absolute Gasteiger partial charge is 0.273 e. The predicted octanol–water partition coefficient (Wildman–Crippen LogP) is 5.88. The number of thioether (sulfide) groups is 2. The predicted molar refractivity (Wildman–Crippen MR) is 127 cm³/mol. The van der Waals surface area contributed by atoms with Crippen LogP contribution in [0.4, 0.5) is 11.4 Å². The number of nitro groups is 1. The van der Waals surface area contributed by atoms with Crippen molar-refractivity contribution in [2.45, 2.75) is 23.6 Å². The molecule has 0 aliphatic carbocycles. The van der Waals surface area contributed by atoms with Crippen LogP contribution < -0.4 is 4.90 Å². The third kappa shape index (κ3) is 4.46. The van der Waals surface area contributed by atoms with Crippen LogP contribution in [0.25, 0.3) is 0 Å². The number of anilines is 1. The fourth-order valence-electron chi connectivity index (χ4n) is 3.10. The number of non-ortho nitro benzene ring substituents is 1. The summed E-state index contributed by atoms with van der Waals surface area (Å²) in [4.78, 5) is 40.7. The van der Waals surface area contributed by atoms with Crippen LogP contribution in [0.3, 0.4) is 0 Å². The first-order chi connectivity index (χ1) is 15.3. The molecule has 0 fully saturated rings. The van der Waals surface area contributed by atoms with Crippen LogP contribution in [0.2, 0.25) is 0 Å². The highest BCUT2D eigenvalue weighted by molar-refractivity contribution is 8.08. The van der Waals surface area contributed by atoms with Crippen molar-refractivity contribution in [2.75, 3.05) is 4.90 Å². The molecule has 3 aromatic carbocycles. The summed E-state index contributed by atoms with van der Waals surface area (Å²) in [5.74, 6) is -0.980. The van der Waals surface area contributed by atoms with Gasteiger partial charge in [0.05, 0.1) is 20.4 Å². The van der Waals surface area contributed by atoms with Crippen molar-refractivity contribution in [3.05, 3.63) is 104 Å². The van der Waals surface area contributed by atoms with E-state index in [4.69, 9.17) is 0 Å². The van der Waals surface area contributed by atoms with Gasteiger partial charge in [-0.05, 0) is 44.2 Å². The SMILES string of the molecule is Cc1ccc(SC2=C(Sc3ccc(C)cc3)C(=O)N(c3cccc([N+](=O)[O-])c3)C2=O)cc1. The van der Waals surface area contributed by atoms with Crippen LogP contribution in [0.15, 0.2) is 92.4 Å². The number of nitro benzene ring substituents is 1. The molecule has 0 radical (unpaired) electrons. The molecule has 0 atom stereocenters. The number of imide groups is 1. The molecule has 0 aromatic heterocycles. The topological polar surface area (TPSA) is 80.5 Å². The molecule has 32 heavy (non-hydrogen) atoms. The van der Waals surface area contributed by atoms with Crippen molar-refractivity contribution in [1.29, 1.82) is 0 Å². The van der Waals surface area contributed by atoms with Crippen LogP contribution >= 0.6 is 23.5 Å². The van der Waals surface area contributed by atoms with Crippen LogP contribution in [0.5, 0.6) is 0 Å². The van der Waals surface area contributed by atoms with Crippen molar-refractivity contribution >= 4 is 46.7 Å². The summed E-state index contributed by atoms with van der Waals surface area (Å²) in [6, 6.07) is 20.9. The quantitative estimate of drug-likeness (QED) is 0.258. The standard InChI is InChI=1S/C24H18N2O4S2/c1-15-6-10-19(11-7-15)31-21-22(32-20-12-8-16(2)9-13-20)24(28)25(23(21)27)17-4-3-5-18(14-17)26(29)30/h3-14H,1-2H3. The maximum absolute atomic E-state index is 13.4. The maximum atomic E-state index is 13.4. The number of aryl methyl sites for hydroxylation is 2. The Morgan fingerprint density at radius 2 is 1.22 bits per heavy atom. The lowest BCUT2D eigenvalue weighted by atomic mass is 10.2.